The number of benzene rings is 1. The molecule has 2 aromatic heterocycles. The number of pyridine rings is 1. The molecule has 3 rings (SSSR count). The van der Waals surface area contributed by atoms with E-state index in [0.717, 1.165) is 5.56 Å². The second kappa shape index (κ2) is 7.81. The van der Waals surface area contributed by atoms with Gasteiger partial charge in [0.1, 0.15) is 18.4 Å². The van der Waals surface area contributed by atoms with Crippen molar-refractivity contribution in [1.29, 1.82) is 5.26 Å². The number of rotatable bonds is 5. The molecule has 0 aliphatic rings. The Morgan fingerprint density at radius 2 is 2.22 bits per heavy atom. The number of ether oxygens (including phenoxy) is 2. The molecular weight excluding hydrogens is 368 g/mol. The Kier molecular flexibility index (Phi) is 5.29. The summed E-state index contributed by atoms with van der Waals surface area (Å²) in [5.74, 6) is -0.174. The average Bonchev–Trinajstić information content (AvgIpc) is 3.03. The molecule has 2 heterocycles. The molecule has 0 amide bonds. The van der Waals surface area contributed by atoms with Gasteiger partial charge in [-0.05, 0) is 24.3 Å². The molecule has 0 bridgehead atoms. The van der Waals surface area contributed by atoms with Gasteiger partial charge in [0.2, 0.25) is 0 Å². The SMILES string of the molecule is COC(=O)c1c(N)c(C#N)cn1-c1ccc(OCc2cccnc2)c(Cl)c1. The van der Waals surface area contributed by atoms with Gasteiger partial charge in [0.05, 0.1) is 23.4 Å². The van der Waals surface area contributed by atoms with E-state index in [-0.39, 0.29) is 16.9 Å². The van der Waals surface area contributed by atoms with Crippen molar-refractivity contribution < 1.29 is 14.3 Å². The minimum atomic E-state index is -0.651. The van der Waals surface area contributed by atoms with E-state index >= 15 is 0 Å². The van der Waals surface area contributed by atoms with Gasteiger partial charge in [-0.3, -0.25) is 4.98 Å². The van der Waals surface area contributed by atoms with Gasteiger partial charge in [-0.25, -0.2) is 4.79 Å². The zero-order chi connectivity index (χ0) is 19.4. The first kappa shape index (κ1) is 18.3. The maximum absolute atomic E-state index is 12.1. The summed E-state index contributed by atoms with van der Waals surface area (Å²) < 4.78 is 11.9. The van der Waals surface area contributed by atoms with Crippen LogP contribution in [0.3, 0.4) is 0 Å². The lowest BCUT2D eigenvalue weighted by molar-refractivity contribution is 0.0593. The zero-order valence-corrected chi connectivity index (χ0v) is 15.1. The number of nitrogen functional groups attached to an aromatic ring is 1. The molecule has 0 aliphatic heterocycles. The molecule has 3 aromatic rings. The van der Waals surface area contributed by atoms with Crippen molar-refractivity contribution in [2.45, 2.75) is 6.61 Å². The van der Waals surface area contributed by atoms with Crippen LogP contribution >= 0.6 is 11.6 Å². The summed E-state index contributed by atoms with van der Waals surface area (Å²) >= 11 is 6.33. The predicted octanol–water partition coefficient (Wildman–Crippen LogP) is 3.35. The third kappa shape index (κ3) is 3.71. The fourth-order valence-corrected chi connectivity index (χ4v) is 2.75. The van der Waals surface area contributed by atoms with E-state index in [4.69, 9.17) is 26.8 Å². The second-order valence-electron chi connectivity index (χ2n) is 5.54. The number of halogens is 1. The minimum Gasteiger partial charge on any atom is -0.487 e. The topological polar surface area (TPSA) is 103 Å². The number of carbonyl (C=O) groups excluding carboxylic acids is 1. The van der Waals surface area contributed by atoms with E-state index in [1.165, 1.54) is 17.9 Å². The Hall–Kier alpha value is -3.50. The predicted molar refractivity (Wildman–Crippen MR) is 99.8 cm³/mol. The number of nitrogens with two attached hydrogens (primary N) is 1. The van der Waals surface area contributed by atoms with Gasteiger partial charge in [0.15, 0.2) is 5.69 Å². The van der Waals surface area contributed by atoms with Crippen LogP contribution in [0.15, 0.2) is 48.9 Å². The standard InChI is InChI=1S/C19H15ClN4O3/c1-26-19(25)18-17(22)13(8-21)10-24(18)14-4-5-16(15(20)7-14)27-11-12-3-2-6-23-9-12/h2-7,9-10H,11,22H2,1H3. The molecule has 1 aromatic carbocycles. The Balaban J connectivity index is 1.92. The number of hydrogen-bond acceptors (Lipinski definition) is 6. The van der Waals surface area contributed by atoms with Crippen molar-refractivity contribution in [3.63, 3.8) is 0 Å². The Morgan fingerprint density at radius 1 is 1.41 bits per heavy atom. The van der Waals surface area contributed by atoms with E-state index in [0.29, 0.717) is 23.1 Å². The van der Waals surface area contributed by atoms with Crippen LogP contribution in [0.25, 0.3) is 5.69 Å². The van der Waals surface area contributed by atoms with Crippen LogP contribution in [0, 0.1) is 11.3 Å². The molecule has 27 heavy (non-hydrogen) atoms. The van der Waals surface area contributed by atoms with E-state index in [1.54, 1.807) is 30.6 Å². The fourth-order valence-electron chi connectivity index (χ4n) is 2.52. The molecule has 8 heteroatoms. The molecule has 0 saturated heterocycles. The number of methoxy groups -OCH3 is 1. The molecule has 0 aliphatic carbocycles. The van der Waals surface area contributed by atoms with Gasteiger partial charge in [-0.1, -0.05) is 17.7 Å². The highest BCUT2D eigenvalue weighted by Gasteiger charge is 2.22. The van der Waals surface area contributed by atoms with Crippen molar-refractivity contribution >= 4 is 23.3 Å². The number of nitriles is 1. The quantitative estimate of drug-likeness (QED) is 0.679. The lowest BCUT2D eigenvalue weighted by atomic mass is 10.2. The van der Waals surface area contributed by atoms with Crippen molar-refractivity contribution in [1.82, 2.24) is 9.55 Å². The first-order valence-corrected chi connectivity index (χ1v) is 8.23. The maximum atomic E-state index is 12.1. The zero-order valence-electron chi connectivity index (χ0n) is 14.3. The summed E-state index contributed by atoms with van der Waals surface area (Å²) in [6, 6.07) is 10.7. The summed E-state index contributed by atoms with van der Waals surface area (Å²) in [5, 5.41) is 9.53. The van der Waals surface area contributed by atoms with Crippen LogP contribution in [-0.2, 0) is 11.3 Å². The number of anilines is 1. The van der Waals surface area contributed by atoms with Crippen molar-refractivity contribution in [2.24, 2.45) is 0 Å². The van der Waals surface area contributed by atoms with Crippen molar-refractivity contribution in [3.05, 3.63) is 70.8 Å². The number of hydrogen-bond donors (Lipinski definition) is 1. The van der Waals surface area contributed by atoms with Crippen molar-refractivity contribution in [2.75, 3.05) is 12.8 Å². The largest absolute Gasteiger partial charge is 0.487 e. The van der Waals surface area contributed by atoms with Crippen LogP contribution in [0.1, 0.15) is 21.6 Å². The molecule has 7 nitrogen and oxygen atoms in total. The summed E-state index contributed by atoms with van der Waals surface area (Å²) in [6.07, 6.45) is 4.85. The molecule has 2 N–H and O–H groups in total. The summed E-state index contributed by atoms with van der Waals surface area (Å²) in [6.45, 7) is 0.315. The first-order valence-electron chi connectivity index (χ1n) is 7.86. The maximum Gasteiger partial charge on any atom is 0.357 e. The van der Waals surface area contributed by atoms with Gasteiger partial charge < -0.3 is 19.8 Å². The smallest absolute Gasteiger partial charge is 0.357 e. The van der Waals surface area contributed by atoms with Crippen LogP contribution in [-0.4, -0.2) is 22.6 Å². The van der Waals surface area contributed by atoms with Crippen LogP contribution in [0.5, 0.6) is 5.75 Å². The highest BCUT2D eigenvalue weighted by molar-refractivity contribution is 6.32. The van der Waals surface area contributed by atoms with Crippen LogP contribution < -0.4 is 10.5 Å². The van der Waals surface area contributed by atoms with Crippen molar-refractivity contribution in [3.8, 4) is 17.5 Å². The molecular formula is C19H15ClN4O3. The molecule has 0 atom stereocenters. The van der Waals surface area contributed by atoms with Gasteiger partial charge in [-0.2, -0.15) is 5.26 Å². The average molecular weight is 383 g/mol. The highest BCUT2D eigenvalue weighted by atomic mass is 35.5. The van der Waals surface area contributed by atoms with Gasteiger partial charge in [0, 0.05) is 29.8 Å². The number of nitrogens with zero attached hydrogens (tertiary/aromatic N) is 3. The Morgan fingerprint density at radius 3 is 2.85 bits per heavy atom. The third-order valence-corrected chi connectivity index (χ3v) is 4.15. The summed E-state index contributed by atoms with van der Waals surface area (Å²) in [4.78, 5) is 16.1. The van der Waals surface area contributed by atoms with Crippen LogP contribution in [0.4, 0.5) is 5.69 Å². The van der Waals surface area contributed by atoms with Crippen LogP contribution in [0.2, 0.25) is 5.02 Å². The molecule has 0 spiro atoms. The lowest BCUT2D eigenvalue weighted by Crippen LogP contribution is -2.11. The normalized spacial score (nSPS) is 10.3. The molecule has 0 saturated carbocycles. The summed E-state index contributed by atoms with van der Waals surface area (Å²) in [5.41, 5.74) is 7.64. The van der Waals surface area contributed by atoms with E-state index < -0.39 is 5.97 Å². The van der Waals surface area contributed by atoms with Gasteiger partial charge in [-0.15, -0.1) is 0 Å². The molecule has 0 fully saturated rings. The Labute approximate surface area is 160 Å². The fraction of sp³-hybridized carbons (Fsp3) is 0.105. The monoisotopic (exact) mass is 382 g/mol. The number of esters is 1. The van der Waals surface area contributed by atoms with E-state index in [9.17, 15) is 10.1 Å². The summed E-state index contributed by atoms with van der Waals surface area (Å²) in [7, 11) is 1.24. The highest BCUT2D eigenvalue weighted by Crippen LogP contribution is 2.31. The first-order chi connectivity index (χ1) is 13.0. The second-order valence-corrected chi connectivity index (χ2v) is 5.95. The molecule has 0 radical (unpaired) electrons. The van der Waals surface area contributed by atoms with Gasteiger partial charge >= 0.3 is 5.97 Å². The van der Waals surface area contributed by atoms with Gasteiger partial charge in [0.25, 0.3) is 0 Å². The third-order valence-electron chi connectivity index (χ3n) is 3.85. The molecule has 0 unspecified atom stereocenters. The number of aromatic nitrogens is 2. The minimum absolute atomic E-state index is 0.0531. The van der Waals surface area contributed by atoms with E-state index in [1.807, 2.05) is 18.2 Å². The lowest BCUT2D eigenvalue weighted by Gasteiger charge is -2.12. The Bertz CT molecular complexity index is 1030. The van der Waals surface area contributed by atoms with E-state index in [2.05, 4.69) is 4.98 Å². The molecule has 136 valence electrons. The number of carbonyl (C=O) groups is 1.